The zero-order valence-electron chi connectivity index (χ0n) is 41.1. The van der Waals surface area contributed by atoms with Crippen LogP contribution in [0, 0.1) is 0 Å². The minimum atomic E-state index is -0.779. The molecule has 6 heteroatoms. The second kappa shape index (κ2) is 51.0. The Hall–Kier alpha value is -2.63. The van der Waals surface area contributed by atoms with E-state index < -0.39 is 6.10 Å². The van der Waals surface area contributed by atoms with Gasteiger partial charge in [-0.15, -0.1) is 0 Å². The van der Waals surface area contributed by atoms with Gasteiger partial charge in [0.15, 0.2) is 6.10 Å². The fraction of sp³-hybridized carbons (Fsp3) is 0.804. The van der Waals surface area contributed by atoms with Gasteiger partial charge in [0.25, 0.3) is 0 Å². The Morgan fingerprint density at radius 3 is 0.952 bits per heavy atom. The first-order chi connectivity index (χ1) is 30.5. The molecule has 360 valence electrons. The van der Waals surface area contributed by atoms with Crippen LogP contribution in [-0.4, -0.2) is 37.2 Å². The average Bonchev–Trinajstić information content (AvgIpc) is 3.27. The molecule has 1 unspecified atom stereocenters. The smallest absolute Gasteiger partial charge is 0.306 e. The Bertz CT molecular complexity index is 1090. The predicted octanol–water partition coefficient (Wildman–Crippen LogP) is 17.5. The van der Waals surface area contributed by atoms with Crippen molar-refractivity contribution in [2.75, 3.05) is 13.2 Å². The summed E-state index contributed by atoms with van der Waals surface area (Å²) in [5.74, 6) is -0.894. The number of unbranched alkanes of at least 4 members (excludes halogenated alkanes) is 29. The van der Waals surface area contributed by atoms with Crippen molar-refractivity contribution in [3.63, 3.8) is 0 Å². The molecule has 0 fully saturated rings. The Morgan fingerprint density at radius 1 is 0.323 bits per heavy atom. The molecule has 0 N–H and O–H groups in total. The van der Waals surface area contributed by atoms with E-state index in [1.807, 2.05) is 0 Å². The van der Waals surface area contributed by atoms with Crippen molar-refractivity contribution < 1.29 is 28.6 Å². The van der Waals surface area contributed by atoms with E-state index in [0.29, 0.717) is 19.3 Å². The highest BCUT2D eigenvalue weighted by Crippen LogP contribution is 2.15. The summed E-state index contributed by atoms with van der Waals surface area (Å²) < 4.78 is 16.8. The van der Waals surface area contributed by atoms with Gasteiger partial charge in [0, 0.05) is 19.3 Å². The van der Waals surface area contributed by atoms with Crippen molar-refractivity contribution >= 4 is 17.9 Å². The quantitative estimate of drug-likeness (QED) is 0.0262. The van der Waals surface area contributed by atoms with E-state index in [2.05, 4.69) is 69.4 Å². The van der Waals surface area contributed by atoms with Gasteiger partial charge in [-0.2, -0.15) is 0 Å². The van der Waals surface area contributed by atoms with Crippen LogP contribution in [-0.2, 0) is 28.6 Å². The van der Waals surface area contributed by atoms with E-state index in [1.165, 1.54) is 141 Å². The molecule has 1 atom stereocenters. The fourth-order valence-electron chi connectivity index (χ4n) is 7.50. The van der Waals surface area contributed by atoms with Crippen LogP contribution in [0.25, 0.3) is 0 Å². The number of esters is 3. The van der Waals surface area contributed by atoms with Crippen LogP contribution >= 0.6 is 0 Å². The lowest BCUT2D eigenvalue weighted by Crippen LogP contribution is -2.30. The minimum Gasteiger partial charge on any atom is -0.462 e. The van der Waals surface area contributed by atoms with Crippen molar-refractivity contribution in [2.45, 2.75) is 277 Å². The maximum absolute atomic E-state index is 12.8. The van der Waals surface area contributed by atoms with Crippen molar-refractivity contribution in [1.82, 2.24) is 0 Å². The third kappa shape index (κ3) is 48.4. The molecule has 0 spiro atoms. The first-order valence-electron chi connectivity index (χ1n) is 26.6. The molecule has 0 aromatic heterocycles. The summed E-state index contributed by atoms with van der Waals surface area (Å²) in [6.45, 7) is 6.59. The lowest BCUT2D eigenvalue weighted by atomic mass is 10.1. The molecule has 0 radical (unpaired) electrons. The molecule has 0 aliphatic heterocycles. The van der Waals surface area contributed by atoms with Crippen LogP contribution in [0.1, 0.15) is 271 Å². The fourth-order valence-corrected chi connectivity index (χ4v) is 7.50. The van der Waals surface area contributed by atoms with Crippen molar-refractivity contribution in [2.24, 2.45) is 0 Å². The van der Waals surface area contributed by atoms with Crippen LogP contribution < -0.4 is 0 Å². The van der Waals surface area contributed by atoms with Gasteiger partial charge in [-0.1, -0.05) is 217 Å². The summed E-state index contributed by atoms with van der Waals surface area (Å²) >= 11 is 0. The van der Waals surface area contributed by atoms with Crippen LogP contribution in [0.3, 0.4) is 0 Å². The van der Waals surface area contributed by atoms with Gasteiger partial charge in [0.05, 0.1) is 0 Å². The van der Waals surface area contributed by atoms with Gasteiger partial charge in [0.2, 0.25) is 0 Å². The summed E-state index contributed by atoms with van der Waals surface area (Å²) in [5.41, 5.74) is 0. The average molecular weight is 869 g/mol. The highest BCUT2D eigenvalue weighted by molar-refractivity contribution is 5.71. The summed E-state index contributed by atoms with van der Waals surface area (Å²) in [4.78, 5) is 37.9. The summed E-state index contributed by atoms with van der Waals surface area (Å²) in [7, 11) is 0. The van der Waals surface area contributed by atoms with E-state index in [9.17, 15) is 14.4 Å². The van der Waals surface area contributed by atoms with Gasteiger partial charge in [-0.3, -0.25) is 14.4 Å². The number of rotatable bonds is 48. The Morgan fingerprint density at radius 2 is 0.581 bits per heavy atom. The molecule has 0 bridgehead atoms. The summed E-state index contributed by atoms with van der Waals surface area (Å²) in [5, 5.41) is 0. The summed E-state index contributed by atoms with van der Waals surface area (Å²) in [6, 6.07) is 0. The SMILES string of the molecule is CCCCC/C=C\C/C=C\C/C=C\CCCCCCCCC(=O)OCC(COC(=O)CCCCCCCCCCCC)OC(=O)CCCCCCC/C=C\CCCCCCCC. The molecular formula is C56H100O6. The van der Waals surface area contributed by atoms with Gasteiger partial charge in [-0.25, -0.2) is 0 Å². The first-order valence-corrected chi connectivity index (χ1v) is 26.6. The number of ether oxygens (including phenoxy) is 3. The molecule has 62 heavy (non-hydrogen) atoms. The lowest BCUT2D eigenvalue weighted by molar-refractivity contribution is -0.167. The van der Waals surface area contributed by atoms with Crippen LogP contribution in [0.2, 0.25) is 0 Å². The normalized spacial score (nSPS) is 12.4. The number of allylic oxidation sites excluding steroid dienone is 8. The number of hydrogen-bond donors (Lipinski definition) is 0. The van der Waals surface area contributed by atoms with Crippen molar-refractivity contribution in [3.05, 3.63) is 48.6 Å². The molecule has 0 rings (SSSR count). The van der Waals surface area contributed by atoms with E-state index in [0.717, 1.165) is 89.9 Å². The standard InChI is InChI=1S/C56H100O6/c1-4-7-10-13-16-19-22-24-26-27-28-29-31-32-34-37-40-43-46-49-55(58)61-52-53(51-60-54(57)48-45-42-39-36-21-18-15-12-9-6-3)62-56(59)50-47-44-41-38-35-33-30-25-23-20-17-14-11-8-5-2/h16,19,24-26,28-30,53H,4-15,17-18,20-23,27,31-52H2,1-3H3/b19-16-,26-24-,29-28-,30-25-. The Kier molecular flexibility index (Phi) is 48.8. The predicted molar refractivity (Wildman–Crippen MR) is 265 cm³/mol. The Labute approximate surface area is 384 Å². The van der Waals surface area contributed by atoms with Crippen LogP contribution in [0.5, 0.6) is 0 Å². The van der Waals surface area contributed by atoms with E-state index in [4.69, 9.17) is 14.2 Å². The molecule has 0 amide bonds. The molecule has 6 nitrogen and oxygen atoms in total. The monoisotopic (exact) mass is 869 g/mol. The first kappa shape index (κ1) is 59.4. The highest BCUT2D eigenvalue weighted by atomic mass is 16.6. The second-order valence-corrected chi connectivity index (χ2v) is 17.8. The minimum absolute atomic E-state index is 0.0786. The zero-order valence-corrected chi connectivity index (χ0v) is 41.1. The van der Waals surface area contributed by atoms with E-state index in [1.54, 1.807) is 0 Å². The van der Waals surface area contributed by atoms with Gasteiger partial charge in [-0.05, 0) is 83.5 Å². The summed E-state index contributed by atoms with van der Waals surface area (Å²) in [6.07, 6.45) is 60.9. The van der Waals surface area contributed by atoms with Gasteiger partial charge in [0.1, 0.15) is 13.2 Å². The molecular weight excluding hydrogens is 769 g/mol. The third-order valence-electron chi connectivity index (χ3n) is 11.6. The lowest BCUT2D eigenvalue weighted by Gasteiger charge is -2.18. The highest BCUT2D eigenvalue weighted by Gasteiger charge is 2.19. The van der Waals surface area contributed by atoms with Crippen LogP contribution in [0.15, 0.2) is 48.6 Å². The largest absolute Gasteiger partial charge is 0.462 e. The van der Waals surface area contributed by atoms with E-state index in [-0.39, 0.29) is 31.1 Å². The maximum atomic E-state index is 12.8. The van der Waals surface area contributed by atoms with E-state index >= 15 is 0 Å². The Balaban J connectivity index is 4.35. The maximum Gasteiger partial charge on any atom is 0.306 e. The van der Waals surface area contributed by atoms with Crippen molar-refractivity contribution in [1.29, 1.82) is 0 Å². The third-order valence-corrected chi connectivity index (χ3v) is 11.6. The van der Waals surface area contributed by atoms with Gasteiger partial charge < -0.3 is 14.2 Å². The number of carbonyl (C=O) groups is 3. The molecule has 0 aliphatic carbocycles. The molecule has 0 aliphatic rings. The molecule has 0 saturated carbocycles. The molecule has 0 aromatic carbocycles. The molecule has 0 aromatic rings. The second-order valence-electron chi connectivity index (χ2n) is 17.8. The van der Waals surface area contributed by atoms with Crippen LogP contribution in [0.4, 0.5) is 0 Å². The topological polar surface area (TPSA) is 78.9 Å². The zero-order chi connectivity index (χ0) is 45.1. The molecule has 0 heterocycles. The number of hydrogen-bond acceptors (Lipinski definition) is 6. The molecule has 0 saturated heterocycles. The van der Waals surface area contributed by atoms with Gasteiger partial charge >= 0.3 is 17.9 Å². The van der Waals surface area contributed by atoms with Crippen molar-refractivity contribution in [3.8, 4) is 0 Å². The number of carbonyl (C=O) groups excluding carboxylic acids is 3.